The normalized spacial score (nSPS) is 22.5. The third-order valence-corrected chi connectivity index (χ3v) is 9.23. The van der Waals surface area contributed by atoms with Gasteiger partial charge in [-0.1, -0.05) is 30.9 Å². The number of allylic oxidation sites excluding steroid dienone is 1. The summed E-state index contributed by atoms with van der Waals surface area (Å²) in [6, 6.07) is 3.30. The first-order valence-electron chi connectivity index (χ1n) is 13.1. The van der Waals surface area contributed by atoms with Crippen LogP contribution in [0.4, 0.5) is 8.78 Å². The summed E-state index contributed by atoms with van der Waals surface area (Å²) in [5.74, 6) is -1.47. The van der Waals surface area contributed by atoms with E-state index in [1.807, 2.05) is 19.0 Å². The number of nitrogens with zero attached hydrogens (tertiary/aromatic N) is 5. The minimum absolute atomic E-state index is 0.0564. The van der Waals surface area contributed by atoms with E-state index >= 15 is 0 Å². The van der Waals surface area contributed by atoms with Gasteiger partial charge in [-0.3, -0.25) is 19.3 Å². The molecular formula is C28H31F2N5O4S. The molecule has 0 radical (unpaired) electrons. The number of hydrogen-bond donors (Lipinski definition) is 1. The van der Waals surface area contributed by atoms with Crippen molar-refractivity contribution >= 4 is 17.2 Å². The number of methoxy groups -OCH3 is 1. The van der Waals surface area contributed by atoms with Crippen LogP contribution in [0.5, 0.6) is 5.75 Å². The van der Waals surface area contributed by atoms with Crippen LogP contribution < -0.4 is 10.4 Å². The van der Waals surface area contributed by atoms with Gasteiger partial charge in [0.25, 0.3) is 5.91 Å². The Labute approximate surface area is 234 Å². The van der Waals surface area contributed by atoms with Crippen LogP contribution in [0.3, 0.4) is 0 Å². The van der Waals surface area contributed by atoms with Gasteiger partial charge in [-0.15, -0.1) is 10.2 Å². The summed E-state index contributed by atoms with van der Waals surface area (Å²) >= 11 is 1.06. The third kappa shape index (κ3) is 4.34. The predicted octanol–water partition coefficient (Wildman–Crippen LogP) is 4.28. The van der Waals surface area contributed by atoms with Crippen LogP contribution in [0.2, 0.25) is 0 Å². The van der Waals surface area contributed by atoms with Crippen LogP contribution in [0, 0.1) is 23.5 Å². The van der Waals surface area contributed by atoms with Gasteiger partial charge in [0, 0.05) is 38.2 Å². The number of rotatable bonds is 6. The van der Waals surface area contributed by atoms with Gasteiger partial charge in [-0.2, -0.15) is 0 Å². The molecule has 1 N–H and O–H groups in total. The summed E-state index contributed by atoms with van der Waals surface area (Å²) in [6.07, 6.45) is 3.58. The number of ether oxygens (including phenoxy) is 1. The van der Waals surface area contributed by atoms with Crippen LogP contribution in [0.15, 0.2) is 41.5 Å². The Morgan fingerprint density at radius 2 is 2.05 bits per heavy atom. The van der Waals surface area contributed by atoms with E-state index in [4.69, 9.17) is 4.74 Å². The van der Waals surface area contributed by atoms with E-state index in [9.17, 15) is 23.5 Å². The maximum atomic E-state index is 14.2. The number of amides is 1. The zero-order valence-electron chi connectivity index (χ0n) is 22.8. The molecule has 1 fully saturated rings. The van der Waals surface area contributed by atoms with Crippen LogP contribution in [0.25, 0.3) is 10.6 Å². The molecule has 3 heterocycles. The van der Waals surface area contributed by atoms with Gasteiger partial charge in [0.15, 0.2) is 16.5 Å². The number of aromatic nitrogens is 3. The molecule has 2 aliphatic rings. The maximum absolute atomic E-state index is 14.2. The minimum Gasteiger partial charge on any atom is -0.502 e. The second-order valence-electron chi connectivity index (χ2n) is 10.4. The van der Waals surface area contributed by atoms with Crippen molar-refractivity contribution < 1.29 is 23.4 Å². The van der Waals surface area contributed by atoms with Crippen LogP contribution >= 0.6 is 11.3 Å². The number of carbonyl (C=O) groups is 1. The number of carbonyl (C=O) groups excluding carboxylic acids is 1. The molecule has 1 aromatic carbocycles. The average Bonchev–Trinajstić information content (AvgIpc) is 3.38. The summed E-state index contributed by atoms with van der Waals surface area (Å²) in [6.45, 7) is 8.43. The Hall–Kier alpha value is -3.80. The highest BCUT2D eigenvalue weighted by molar-refractivity contribution is 7.14. The van der Waals surface area contributed by atoms with E-state index in [-0.39, 0.29) is 40.1 Å². The Morgan fingerprint density at radius 3 is 2.70 bits per heavy atom. The molecule has 2 aromatic heterocycles. The van der Waals surface area contributed by atoms with Gasteiger partial charge >= 0.3 is 0 Å². The summed E-state index contributed by atoms with van der Waals surface area (Å²) in [4.78, 5) is 28.8. The van der Waals surface area contributed by atoms with Crippen molar-refractivity contribution in [2.45, 2.75) is 45.2 Å². The fourth-order valence-electron chi connectivity index (χ4n) is 6.17. The smallest absolute Gasteiger partial charge is 0.278 e. The lowest BCUT2D eigenvalue weighted by atomic mass is 9.72. The first-order valence-corrected chi connectivity index (χ1v) is 13.9. The van der Waals surface area contributed by atoms with Crippen molar-refractivity contribution in [3.63, 3.8) is 0 Å². The molecule has 1 amide bonds. The highest BCUT2D eigenvalue weighted by Crippen LogP contribution is 2.46. The molecule has 5 rings (SSSR count). The summed E-state index contributed by atoms with van der Waals surface area (Å²) in [7, 11) is 3.45. The van der Waals surface area contributed by atoms with Crippen molar-refractivity contribution in [2.24, 2.45) is 11.8 Å². The lowest BCUT2D eigenvalue weighted by molar-refractivity contribution is -0.00803. The largest absolute Gasteiger partial charge is 0.502 e. The molecule has 1 spiro atoms. The molecule has 9 nitrogen and oxygen atoms in total. The molecule has 1 saturated carbocycles. The second-order valence-corrected chi connectivity index (χ2v) is 11.4. The molecule has 0 saturated heterocycles. The van der Waals surface area contributed by atoms with Crippen molar-refractivity contribution in [2.75, 3.05) is 25.7 Å². The summed E-state index contributed by atoms with van der Waals surface area (Å²) < 4.78 is 34.4. The fourth-order valence-corrected chi connectivity index (χ4v) is 7.04. The number of pyridine rings is 1. The lowest BCUT2D eigenvalue weighted by Gasteiger charge is -2.58. The second kappa shape index (κ2) is 10.3. The zero-order valence-corrected chi connectivity index (χ0v) is 23.6. The number of benzene rings is 1. The van der Waals surface area contributed by atoms with E-state index in [1.54, 1.807) is 16.7 Å². The molecular weight excluding hydrogens is 540 g/mol. The Balaban J connectivity index is 1.54. The molecule has 212 valence electrons. The van der Waals surface area contributed by atoms with Gasteiger partial charge in [-0.05, 0) is 43.7 Å². The molecule has 40 heavy (non-hydrogen) atoms. The fraction of sp³-hybridized carbons (Fsp3) is 0.429. The molecule has 1 aliphatic heterocycles. The van der Waals surface area contributed by atoms with Crippen molar-refractivity contribution in [3.05, 3.63) is 74.9 Å². The number of halogens is 2. The van der Waals surface area contributed by atoms with E-state index in [1.165, 1.54) is 12.3 Å². The number of fused-ring (bicyclic) bond motifs is 1. The SMILES string of the molecule is C=C(OC)[C@@H]1CCC2(C[C@H]1C)N(CC)C(=O)c1c(O)c(=O)c(-c3nnc(Cc4ccc(F)cc4F)s3)cn1N2C. The van der Waals surface area contributed by atoms with Crippen molar-refractivity contribution in [1.82, 2.24) is 19.8 Å². The molecule has 1 unspecified atom stereocenters. The minimum atomic E-state index is -0.746. The van der Waals surface area contributed by atoms with Gasteiger partial charge in [0.2, 0.25) is 5.43 Å². The first-order chi connectivity index (χ1) is 19.0. The lowest BCUT2D eigenvalue weighted by Crippen LogP contribution is -2.70. The first kappa shape index (κ1) is 27.8. The highest BCUT2D eigenvalue weighted by Gasteiger charge is 2.53. The monoisotopic (exact) mass is 571 g/mol. The summed E-state index contributed by atoms with van der Waals surface area (Å²) in [5, 5.41) is 21.8. The highest BCUT2D eigenvalue weighted by atomic mass is 32.1. The molecule has 12 heteroatoms. The Kier molecular flexibility index (Phi) is 7.15. The quantitative estimate of drug-likeness (QED) is 0.441. The van der Waals surface area contributed by atoms with Gasteiger partial charge < -0.3 is 14.7 Å². The molecule has 0 bridgehead atoms. The average molecular weight is 572 g/mol. The van der Waals surface area contributed by atoms with Crippen LogP contribution in [-0.2, 0) is 11.2 Å². The summed E-state index contributed by atoms with van der Waals surface area (Å²) in [5.41, 5.74) is -1.25. The van der Waals surface area contributed by atoms with Gasteiger partial charge in [0.1, 0.15) is 22.3 Å². The van der Waals surface area contributed by atoms with E-state index in [0.717, 1.165) is 29.9 Å². The topological polar surface area (TPSA) is 101 Å². The van der Waals surface area contributed by atoms with E-state index < -0.39 is 34.4 Å². The molecule has 3 aromatic rings. The molecule has 3 atom stereocenters. The zero-order chi connectivity index (χ0) is 28.9. The van der Waals surface area contributed by atoms with Crippen LogP contribution in [0.1, 0.15) is 54.2 Å². The maximum Gasteiger partial charge on any atom is 0.278 e. The van der Waals surface area contributed by atoms with Crippen molar-refractivity contribution in [1.29, 1.82) is 0 Å². The van der Waals surface area contributed by atoms with Crippen LogP contribution in [-0.4, -0.2) is 57.2 Å². The Morgan fingerprint density at radius 1 is 1.30 bits per heavy atom. The number of hydrogen-bond acceptors (Lipinski definition) is 8. The molecule has 1 aliphatic carbocycles. The van der Waals surface area contributed by atoms with Gasteiger partial charge in [0.05, 0.1) is 18.4 Å². The van der Waals surface area contributed by atoms with Crippen molar-refractivity contribution in [3.8, 4) is 16.3 Å². The number of aromatic hydroxyl groups is 1. The third-order valence-electron chi connectivity index (χ3n) is 8.28. The Bertz CT molecular complexity index is 1560. The predicted molar refractivity (Wildman–Crippen MR) is 147 cm³/mol. The van der Waals surface area contributed by atoms with Gasteiger partial charge in [-0.25, -0.2) is 8.78 Å². The van der Waals surface area contributed by atoms with E-state index in [0.29, 0.717) is 30.2 Å². The van der Waals surface area contributed by atoms with E-state index in [2.05, 4.69) is 23.7 Å². The standard InChI is InChI=1S/C28H31F2N5O4S/c1-6-34-27(38)23-25(37)24(36)20(26-32-31-22(40-26)11-17-7-8-18(29)12-21(17)30)14-35(23)33(4)28(34)10-9-19(15(2)13-28)16(3)39-5/h7-8,12,14-15,19,37H,3,6,9-11,13H2,1-2,4-5H3/t15-,19-,28?/m1/s1.